The molecule has 0 amide bonds. The van der Waals surface area contributed by atoms with Crippen molar-refractivity contribution >= 4 is 11.6 Å². The van der Waals surface area contributed by atoms with E-state index in [-0.39, 0.29) is 6.61 Å². The van der Waals surface area contributed by atoms with Gasteiger partial charge in [0.25, 0.3) is 0 Å². The first-order valence-corrected chi connectivity index (χ1v) is 7.82. The number of nitrogens with zero attached hydrogens (tertiary/aromatic N) is 4. The van der Waals surface area contributed by atoms with Crippen LogP contribution in [0.5, 0.6) is 0 Å². The molecule has 3 heterocycles. The van der Waals surface area contributed by atoms with Gasteiger partial charge in [0, 0.05) is 44.3 Å². The van der Waals surface area contributed by atoms with Gasteiger partial charge in [-0.3, -0.25) is 0 Å². The van der Waals surface area contributed by atoms with Crippen molar-refractivity contribution in [1.82, 2.24) is 9.97 Å². The molecule has 2 atom stereocenters. The molecule has 6 heteroatoms. The largest absolute Gasteiger partial charge is 0.396 e. The second kappa shape index (κ2) is 6.58. The SMILES string of the molecule is CC1C(CO)CCCN1c1cc(N2CCOCC2)ncn1. The van der Waals surface area contributed by atoms with Gasteiger partial charge in [0.2, 0.25) is 0 Å². The summed E-state index contributed by atoms with van der Waals surface area (Å²) in [6, 6.07) is 2.39. The van der Waals surface area contributed by atoms with E-state index in [1.165, 1.54) is 0 Å². The summed E-state index contributed by atoms with van der Waals surface area (Å²) in [5.74, 6) is 2.28. The Labute approximate surface area is 125 Å². The average Bonchev–Trinajstić information content (AvgIpc) is 2.56. The number of hydrogen-bond donors (Lipinski definition) is 1. The standard InChI is InChI=1S/C15H24N4O2/c1-12-13(10-20)3-2-4-19(12)15-9-14(16-11-17-15)18-5-7-21-8-6-18/h9,11-13,20H,2-8,10H2,1H3. The highest BCUT2D eigenvalue weighted by Crippen LogP contribution is 2.28. The van der Waals surface area contributed by atoms with Gasteiger partial charge in [-0.1, -0.05) is 0 Å². The highest BCUT2D eigenvalue weighted by atomic mass is 16.5. The van der Waals surface area contributed by atoms with Gasteiger partial charge in [-0.15, -0.1) is 0 Å². The Morgan fingerprint density at radius 3 is 2.76 bits per heavy atom. The summed E-state index contributed by atoms with van der Waals surface area (Å²) >= 11 is 0. The van der Waals surface area contributed by atoms with Crippen molar-refractivity contribution in [3.8, 4) is 0 Å². The molecule has 2 saturated heterocycles. The molecule has 1 N–H and O–H groups in total. The fourth-order valence-electron chi connectivity index (χ4n) is 3.25. The zero-order valence-corrected chi connectivity index (χ0v) is 12.6. The minimum absolute atomic E-state index is 0.249. The summed E-state index contributed by atoms with van der Waals surface area (Å²) in [6.45, 7) is 6.70. The van der Waals surface area contributed by atoms with Crippen molar-refractivity contribution in [3.63, 3.8) is 0 Å². The molecule has 0 aromatic carbocycles. The third-order valence-corrected chi connectivity index (χ3v) is 4.65. The second-order valence-corrected chi connectivity index (χ2v) is 5.85. The molecule has 2 fully saturated rings. The maximum Gasteiger partial charge on any atom is 0.134 e. The maximum atomic E-state index is 9.50. The van der Waals surface area contributed by atoms with Crippen LogP contribution in [0.4, 0.5) is 11.6 Å². The lowest BCUT2D eigenvalue weighted by Gasteiger charge is -2.39. The van der Waals surface area contributed by atoms with Crippen LogP contribution in [0.25, 0.3) is 0 Å². The van der Waals surface area contributed by atoms with E-state index in [0.717, 1.165) is 57.3 Å². The van der Waals surface area contributed by atoms with Crippen LogP contribution < -0.4 is 9.80 Å². The first kappa shape index (κ1) is 14.5. The van der Waals surface area contributed by atoms with Crippen LogP contribution in [0.3, 0.4) is 0 Å². The molecule has 2 unspecified atom stereocenters. The van der Waals surface area contributed by atoms with Crippen LogP contribution >= 0.6 is 0 Å². The molecular weight excluding hydrogens is 268 g/mol. The molecule has 0 radical (unpaired) electrons. The van der Waals surface area contributed by atoms with E-state index in [4.69, 9.17) is 4.74 Å². The highest BCUT2D eigenvalue weighted by Gasteiger charge is 2.28. The zero-order chi connectivity index (χ0) is 14.7. The molecular formula is C15H24N4O2. The molecule has 1 aromatic rings. The molecule has 0 bridgehead atoms. The van der Waals surface area contributed by atoms with Gasteiger partial charge in [0.15, 0.2) is 0 Å². The highest BCUT2D eigenvalue weighted by molar-refractivity contribution is 5.51. The third kappa shape index (κ3) is 3.11. The molecule has 1 aromatic heterocycles. The van der Waals surface area contributed by atoms with E-state index in [1.807, 2.05) is 0 Å². The Hall–Kier alpha value is -1.40. The number of anilines is 2. The quantitative estimate of drug-likeness (QED) is 0.893. The molecule has 6 nitrogen and oxygen atoms in total. The number of ether oxygens (including phenoxy) is 1. The predicted molar refractivity (Wildman–Crippen MR) is 81.7 cm³/mol. The molecule has 0 aliphatic carbocycles. The predicted octanol–water partition coefficient (Wildman–Crippen LogP) is 0.910. The minimum Gasteiger partial charge on any atom is -0.396 e. The number of aliphatic hydroxyl groups excluding tert-OH is 1. The Morgan fingerprint density at radius 2 is 2.00 bits per heavy atom. The lowest BCUT2D eigenvalue weighted by Crippen LogP contribution is -2.45. The van der Waals surface area contributed by atoms with Gasteiger partial charge >= 0.3 is 0 Å². The van der Waals surface area contributed by atoms with Crippen LogP contribution in [-0.2, 0) is 4.74 Å². The summed E-state index contributed by atoms with van der Waals surface area (Å²) in [7, 11) is 0. The van der Waals surface area contributed by atoms with Gasteiger partial charge in [-0.25, -0.2) is 9.97 Å². The fourth-order valence-corrected chi connectivity index (χ4v) is 3.25. The summed E-state index contributed by atoms with van der Waals surface area (Å²) < 4.78 is 5.39. The van der Waals surface area contributed by atoms with Gasteiger partial charge in [0.1, 0.15) is 18.0 Å². The minimum atomic E-state index is 0.249. The fraction of sp³-hybridized carbons (Fsp3) is 0.733. The van der Waals surface area contributed by atoms with Crippen LogP contribution in [0.2, 0.25) is 0 Å². The van der Waals surface area contributed by atoms with E-state index in [0.29, 0.717) is 12.0 Å². The maximum absolute atomic E-state index is 9.50. The molecule has 3 rings (SSSR count). The lowest BCUT2D eigenvalue weighted by atomic mass is 9.91. The normalized spacial score (nSPS) is 27.0. The van der Waals surface area contributed by atoms with Crippen LogP contribution in [-0.4, -0.2) is 60.6 Å². The molecule has 2 aliphatic heterocycles. The number of hydrogen-bond acceptors (Lipinski definition) is 6. The Balaban J connectivity index is 1.78. The van der Waals surface area contributed by atoms with E-state index in [2.05, 4.69) is 32.8 Å². The van der Waals surface area contributed by atoms with Crippen molar-refractivity contribution in [3.05, 3.63) is 12.4 Å². The summed E-state index contributed by atoms with van der Waals surface area (Å²) in [4.78, 5) is 13.4. The van der Waals surface area contributed by atoms with Crippen LogP contribution in [0.1, 0.15) is 19.8 Å². The molecule has 21 heavy (non-hydrogen) atoms. The van der Waals surface area contributed by atoms with Crippen molar-refractivity contribution < 1.29 is 9.84 Å². The topological polar surface area (TPSA) is 61.7 Å². The van der Waals surface area contributed by atoms with Crippen molar-refractivity contribution in [2.24, 2.45) is 5.92 Å². The van der Waals surface area contributed by atoms with Crippen molar-refractivity contribution in [2.45, 2.75) is 25.8 Å². The van der Waals surface area contributed by atoms with E-state index in [1.54, 1.807) is 6.33 Å². The van der Waals surface area contributed by atoms with Gasteiger partial charge in [-0.05, 0) is 19.8 Å². The summed E-state index contributed by atoms with van der Waals surface area (Å²) in [6.07, 6.45) is 3.84. The van der Waals surface area contributed by atoms with Crippen LogP contribution in [0, 0.1) is 5.92 Å². The number of morpholine rings is 1. The molecule has 0 saturated carbocycles. The van der Waals surface area contributed by atoms with E-state index in [9.17, 15) is 5.11 Å². The molecule has 116 valence electrons. The van der Waals surface area contributed by atoms with Crippen molar-refractivity contribution in [2.75, 3.05) is 49.3 Å². The lowest BCUT2D eigenvalue weighted by molar-refractivity contribution is 0.122. The Kier molecular flexibility index (Phi) is 4.55. The second-order valence-electron chi connectivity index (χ2n) is 5.85. The van der Waals surface area contributed by atoms with Gasteiger partial charge in [0.05, 0.1) is 13.2 Å². The van der Waals surface area contributed by atoms with E-state index < -0.39 is 0 Å². The first-order valence-electron chi connectivity index (χ1n) is 7.82. The van der Waals surface area contributed by atoms with Gasteiger partial charge in [-0.2, -0.15) is 0 Å². The zero-order valence-electron chi connectivity index (χ0n) is 12.6. The first-order chi connectivity index (χ1) is 10.3. The molecule has 0 spiro atoms. The third-order valence-electron chi connectivity index (χ3n) is 4.65. The smallest absolute Gasteiger partial charge is 0.134 e. The van der Waals surface area contributed by atoms with Gasteiger partial charge < -0.3 is 19.6 Å². The molecule has 2 aliphatic rings. The summed E-state index contributed by atoms with van der Waals surface area (Å²) in [5.41, 5.74) is 0. The Morgan fingerprint density at radius 1 is 1.24 bits per heavy atom. The van der Waals surface area contributed by atoms with Crippen LogP contribution in [0.15, 0.2) is 12.4 Å². The number of aromatic nitrogens is 2. The van der Waals surface area contributed by atoms with E-state index >= 15 is 0 Å². The monoisotopic (exact) mass is 292 g/mol. The number of aliphatic hydroxyl groups is 1. The Bertz CT molecular complexity index is 465. The summed E-state index contributed by atoms with van der Waals surface area (Å²) in [5, 5.41) is 9.50. The average molecular weight is 292 g/mol. The number of piperidine rings is 1. The number of rotatable bonds is 3. The van der Waals surface area contributed by atoms with Crippen molar-refractivity contribution in [1.29, 1.82) is 0 Å².